The Morgan fingerprint density at radius 3 is 2.32 bits per heavy atom. The number of benzene rings is 3. The quantitative estimate of drug-likeness (QED) is 0.125. The minimum absolute atomic E-state index is 0.202. The van der Waals surface area contributed by atoms with E-state index in [0.29, 0.717) is 39.5 Å². The van der Waals surface area contributed by atoms with E-state index in [0.717, 1.165) is 11.1 Å². The van der Waals surface area contributed by atoms with Gasteiger partial charge >= 0.3 is 0 Å². The first-order valence-electron chi connectivity index (χ1n) is 14.3. The van der Waals surface area contributed by atoms with Crippen LogP contribution in [0.15, 0.2) is 91.0 Å². The smallest absolute Gasteiger partial charge is 0.251 e. The third-order valence-electron chi connectivity index (χ3n) is 8.26. The van der Waals surface area contributed by atoms with Crippen LogP contribution < -0.4 is 16.0 Å². The van der Waals surface area contributed by atoms with Crippen LogP contribution in [0.5, 0.6) is 0 Å². The number of rotatable bonds is 8. The van der Waals surface area contributed by atoms with Gasteiger partial charge in [0, 0.05) is 39.8 Å². The molecule has 1 spiro atoms. The highest BCUT2D eigenvalue weighted by molar-refractivity contribution is 6.13. The predicted molar refractivity (Wildman–Crippen MR) is 168 cm³/mol. The fraction of sp³-hybridized carbons (Fsp3) is 0.167. The number of ketones is 1. The average Bonchev–Trinajstić information content (AvgIpc) is 3.48. The maximum atomic E-state index is 13.5. The molecule has 2 heterocycles. The Kier molecular flexibility index (Phi) is 7.23. The summed E-state index contributed by atoms with van der Waals surface area (Å²) in [7, 11) is 0. The number of hydrogen-bond acceptors (Lipinski definition) is 4. The van der Waals surface area contributed by atoms with Crippen LogP contribution in [0.1, 0.15) is 67.7 Å². The highest BCUT2D eigenvalue weighted by Gasteiger charge is 2.56. The van der Waals surface area contributed by atoms with Crippen LogP contribution in [0, 0.1) is 25.7 Å². The lowest BCUT2D eigenvalue weighted by Crippen LogP contribution is -2.44. The molecule has 0 fully saturated rings. The van der Waals surface area contributed by atoms with Gasteiger partial charge in [-0.25, -0.2) is 0 Å². The average molecular weight is 583 g/mol. The highest BCUT2D eigenvalue weighted by Crippen LogP contribution is 2.52. The monoisotopic (exact) mass is 582 g/mol. The Balaban J connectivity index is 1.23. The summed E-state index contributed by atoms with van der Waals surface area (Å²) < 4.78 is 0. The number of anilines is 2. The second-order valence-electron chi connectivity index (χ2n) is 11.0. The van der Waals surface area contributed by atoms with Crippen molar-refractivity contribution in [1.29, 1.82) is 0 Å². The van der Waals surface area contributed by atoms with E-state index in [-0.39, 0.29) is 23.6 Å². The number of aromatic amines is 1. The van der Waals surface area contributed by atoms with E-state index in [9.17, 15) is 19.2 Å². The van der Waals surface area contributed by atoms with Crippen LogP contribution in [0.2, 0.25) is 0 Å². The Labute approximate surface area is 255 Å². The second-order valence-corrected chi connectivity index (χ2v) is 11.0. The number of hydrogen-bond donors (Lipinski definition) is 4. The fourth-order valence-corrected chi connectivity index (χ4v) is 5.82. The van der Waals surface area contributed by atoms with Crippen LogP contribution in [0.25, 0.3) is 0 Å². The van der Waals surface area contributed by atoms with E-state index in [1.165, 1.54) is 12.2 Å². The van der Waals surface area contributed by atoms with Gasteiger partial charge in [-0.2, -0.15) is 0 Å². The van der Waals surface area contributed by atoms with E-state index in [2.05, 4.69) is 32.8 Å². The first-order valence-corrected chi connectivity index (χ1v) is 14.3. The number of nitrogens with one attached hydrogen (secondary N) is 4. The molecule has 3 aromatic carbocycles. The molecule has 1 aromatic heterocycles. The number of allylic oxidation sites excluding steroid dienone is 1. The largest absolute Gasteiger partial charge is 0.359 e. The zero-order valence-electron chi connectivity index (χ0n) is 24.4. The summed E-state index contributed by atoms with van der Waals surface area (Å²) in [6.07, 6.45) is 2.45. The van der Waals surface area contributed by atoms with Crippen molar-refractivity contribution in [3.63, 3.8) is 0 Å². The minimum Gasteiger partial charge on any atom is -0.359 e. The van der Waals surface area contributed by atoms with Gasteiger partial charge < -0.3 is 20.9 Å². The third-order valence-corrected chi connectivity index (χ3v) is 8.26. The van der Waals surface area contributed by atoms with Gasteiger partial charge in [0.1, 0.15) is 0 Å². The highest BCUT2D eigenvalue weighted by atomic mass is 16.2. The molecular formula is C36H30N4O4. The Morgan fingerprint density at radius 1 is 0.932 bits per heavy atom. The van der Waals surface area contributed by atoms with Gasteiger partial charge in [-0.05, 0) is 56.2 Å². The molecular weight excluding hydrogens is 552 g/mol. The molecule has 44 heavy (non-hydrogen) atoms. The van der Waals surface area contributed by atoms with Crippen molar-refractivity contribution in [3.05, 3.63) is 130 Å². The van der Waals surface area contributed by atoms with Gasteiger partial charge in [-0.1, -0.05) is 72.5 Å². The van der Waals surface area contributed by atoms with Crippen molar-refractivity contribution in [2.75, 3.05) is 10.6 Å². The summed E-state index contributed by atoms with van der Waals surface area (Å²) in [5.41, 5.74) is 4.69. The molecule has 4 aromatic rings. The number of aryl methyl sites for hydroxylation is 1. The summed E-state index contributed by atoms with van der Waals surface area (Å²) in [6.45, 7) is 5.59. The number of amides is 3. The summed E-state index contributed by atoms with van der Waals surface area (Å²) in [4.78, 5) is 55.2. The van der Waals surface area contributed by atoms with Gasteiger partial charge in [0.25, 0.3) is 5.91 Å². The topological polar surface area (TPSA) is 120 Å². The molecule has 1 aliphatic carbocycles. The first kappa shape index (κ1) is 28.4. The first-order chi connectivity index (χ1) is 21.2. The second kappa shape index (κ2) is 11.2. The summed E-state index contributed by atoms with van der Waals surface area (Å²) >= 11 is 0. The molecule has 218 valence electrons. The molecule has 8 heteroatoms. The van der Waals surface area contributed by atoms with E-state index in [1.807, 2.05) is 57.2 Å². The van der Waals surface area contributed by atoms with Gasteiger partial charge in [-0.15, -0.1) is 0 Å². The van der Waals surface area contributed by atoms with Crippen molar-refractivity contribution in [3.8, 4) is 11.8 Å². The number of H-pyrrole nitrogens is 1. The summed E-state index contributed by atoms with van der Waals surface area (Å²) in [5.74, 6) is 4.49. The van der Waals surface area contributed by atoms with Crippen molar-refractivity contribution in [1.82, 2.24) is 10.3 Å². The summed E-state index contributed by atoms with van der Waals surface area (Å²) in [6, 6.07) is 23.4. The van der Waals surface area contributed by atoms with Crippen molar-refractivity contribution >= 4 is 34.9 Å². The normalized spacial score (nSPS) is 18.5. The van der Waals surface area contributed by atoms with Crippen LogP contribution in [0.4, 0.5) is 11.4 Å². The van der Waals surface area contributed by atoms with E-state index in [4.69, 9.17) is 0 Å². The molecule has 3 amide bonds. The number of carbonyl (C=O) groups excluding carboxylic acids is 4. The molecule has 3 atom stereocenters. The Morgan fingerprint density at radius 2 is 1.64 bits per heavy atom. The van der Waals surface area contributed by atoms with Crippen molar-refractivity contribution in [2.24, 2.45) is 0 Å². The molecule has 4 N–H and O–H groups in total. The van der Waals surface area contributed by atoms with E-state index >= 15 is 0 Å². The third kappa shape index (κ3) is 4.88. The van der Waals surface area contributed by atoms with Gasteiger partial charge in [0.15, 0.2) is 11.2 Å². The summed E-state index contributed by atoms with van der Waals surface area (Å²) in [5, 5.41) is 8.83. The zero-order chi connectivity index (χ0) is 31.0. The Bertz CT molecular complexity index is 1910. The maximum Gasteiger partial charge on any atom is 0.251 e. The molecule has 3 unspecified atom stereocenters. The zero-order valence-corrected chi connectivity index (χ0v) is 24.4. The van der Waals surface area contributed by atoms with E-state index < -0.39 is 17.2 Å². The van der Waals surface area contributed by atoms with Crippen molar-refractivity contribution in [2.45, 2.75) is 38.1 Å². The maximum absolute atomic E-state index is 13.5. The van der Waals surface area contributed by atoms with Gasteiger partial charge in [-0.3, -0.25) is 19.2 Å². The standard InChI is InChI=1S/C36H30N4O4/c1-21-32(40-31(42)17-16-30(41)25-12-8-5-9-13-25)23(3)37-33(21)27-18-19-36(27)28-20-26(14-15-29(28)39-35(36)44)34(43)38-22(2)24-10-6-4-7-11-24/h4-17,20,22,27,37H,1-3H3,(H,38,43)(H,39,44)(H,40,42)/b17-16+. The lowest BCUT2D eigenvalue weighted by molar-refractivity contribution is -0.119. The molecule has 1 aliphatic heterocycles. The SMILES string of the molecule is Cc1[nH]c(C2C#CC23C(=O)Nc2ccc(C(=O)NC(C)c4ccccc4)cc23)c(C)c1NC(=O)/C=C/C(=O)c1ccccc1. The molecule has 0 radical (unpaired) electrons. The molecule has 6 rings (SSSR count). The molecule has 0 bridgehead atoms. The number of carbonyl (C=O) groups is 4. The lowest BCUT2D eigenvalue weighted by atomic mass is 9.64. The molecule has 0 saturated heterocycles. The predicted octanol–water partition coefficient (Wildman–Crippen LogP) is 5.49. The molecule has 8 nitrogen and oxygen atoms in total. The van der Waals surface area contributed by atoms with Crippen LogP contribution in [-0.2, 0) is 15.0 Å². The van der Waals surface area contributed by atoms with Crippen LogP contribution >= 0.6 is 0 Å². The minimum atomic E-state index is -1.18. The van der Waals surface area contributed by atoms with Gasteiger partial charge in [0.2, 0.25) is 11.8 Å². The van der Waals surface area contributed by atoms with E-state index in [1.54, 1.807) is 42.5 Å². The van der Waals surface area contributed by atoms with Gasteiger partial charge in [0.05, 0.1) is 17.6 Å². The van der Waals surface area contributed by atoms with Crippen LogP contribution in [0.3, 0.4) is 0 Å². The van der Waals surface area contributed by atoms with Crippen LogP contribution in [-0.4, -0.2) is 28.5 Å². The number of aromatic nitrogens is 1. The molecule has 2 aliphatic rings. The lowest BCUT2D eigenvalue weighted by Gasteiger charge is -2.34. The fourth-order valence-electron chi connectivity index (χ4n) is 5.82. The Hall–Kier alpha value is -5.68. The molecule has 0 saturated carbocycles. The van der Waals surface area contributed by atoms with Crippen molar-refractivity contribution < 1.29 is 19.2 Å². The number of fused-ring (bicyclic) bond motifs is 2.